The molecule has 1 amide bonds. The molecule has 0 unspecified atom stereocenters. The number of amides is 1. The lowest BCUT2D eigenvalue weighted by atomic mass is 9.97. The fourth-order valence-corrected chi connectivity index (χ4v) is 5.15. The van der Waals surface area contributed by atoms with Crippen LogP contribution in [0.25, 0.3) is 15.9 Å². The van der Waals surface area contributed by atoms with Crippen molar-refractivity contribution in [2.45, 2.75) is 19.8 Å². The number of hydrogen-bond donors (Lipinski definition) is 1. The quantitative estimate of drug-likeness (QED) is 0.434. The van der Waals surface area contributed by atoms with E-state index in [0.717, 1.165) is 36.3 Å². The van der Waals surface area contributed by atoms with E-state index in [4.69, 9.17) is 16.6 Å². The van der Waals surface area contributed by atoms with Gasteiger partial charge in [0.15, 0.2) is 0 Å². The monoisotopic (exact) mass is 478 g/mol. The number of carbonyl (C=O) groups is 1. The number of rotatable bonds is 4. The largest absolute Gasteiger partial charge is 0.341 e. The van der Waals surface area contributed by atoms with E-state index in [1.165, 1.54) is 11.3 Å². The highest BCUT2D eigenvalue weighted by Gasteiger charge is 2.29. The first-order valence-electron chi connectivity index (χ1n) is 10.9. The van der Waals surface area contributed by atoms with Crippen LogP contribution in [0.15, 0.2) is 64.8 Å². The van der Waals surface area contributed by atoms with Crippen LogP contribution >= 0.6 is 22.9 Å². The Morgan fingerprint density at radius 2 is 2.00 bits per heavy atom. The number of nitrogens with one attached hydrogen (secondary N) is 1. The maximum absolute atomic E-state index is 13.5. The summed E-state index contributed by atoms with van der Waals surface area (Å²) in [7, 11) is 0. The number of fused-ring (bicyclic) bond motifs is 1. The second-order valence-electron chi connectivity index (χ2n) is 8.31. The molecule has 8 heteroatoms. The molecule has 0 aliphatic carbocycles. The molecule has 5 rings (SSSR count). The molecule has 4 aromatic rings. The maximum atomic E-state index is 13.5. The maximum Gasteiger partial charge on any atom is 0.277 e. The fourth-order valence-electron chi connectivity index (χ4n) is 4.26. The minimum absolute atomic E-state index is 0.0388. The minimum Gasteiger partial charge on any atom is -0.341 e. The van der Waals surface area contributed by atoms with Crippen molar-refractivity contribution in [3.63, 3.8) is 0 Å². The highest BCUT2D eigenvalue weighted by molar-refractivity contribution is 7.17. The van der Waals surface area contributed by atoms with E-state index in [1.54, 1.807) is 28.8 Å². The molecule has 33 heavy (non-hydrogen) atoms. The molecule has 1 atom stereocenters. The Labute approximate surface area is 200 Å². The van der Waals surface area contributed by atoms with Gasteiger partial charge in [-0.2, -0.15) is 0 Å². The van der Waals surface area contributed by atoms with E-state index in [1.807, 2.05) is 42.6 Å². The molecule has 2 aromatic carbocycles. The summed E-state index contributed by atoms with van der Waals surface area (Å²) in [6.07, 6.45) is 1.62. The van der Waals surface area contributed by atoms with Gasteiger partial charge in [-0.1, -0.05) is 23.7 Å². The third-order valence-electron chi connectivity index (χ3n) is 5.91. The number of anilines is 2. The summed E-state index contributed by atoms with van der Waals surface area (Å²) in [4.78, 5) is 33.4. The van der Waals surface area contributed by atoms with Gasteiger partial charge in [-0.25, -0.2) is 9.55 Å². The molecular weight excluding hydrogens is 456 g/mol. The first-order chi connectivity index (χ1) is 16.0. The van der Waals surface area contributed by atoms with E-state index in [0.29, 0.717) is 27.7 Å². The molecule has 1 fully saturated rings. The third kappa shape index (κ3) is 4.38. The summed E-state index contributed by atoms with van der Waals surface area (Å²) < 4.78 is 2.32. The highest BCUT2D eigenvalue weighted by Crippen LogP contribution is 2.27. The molecule has 0 bridgehead atoms. The van der Waals surface area contributed by atoms with Gasteiger partial charge in [-0.15, -0.1) is 11.3 Å². The third-order valence-corrected chi connectivity index (χ3v) is 7.05. The molecular formula is C25H23ClN4O2S. The molecule has 1 aliphatic rings. The normalized spacial score (nSPS) is 16.2. The zero-order valence-electron chi connectivity index (χ0n) is 18.1. The van der Waals surface area contributed by atoms with Crippen molar-refractivity contribution >= 4 is 50.7 Å². The zero-order chi connectivity index (χ0) is 22.9. The van der Waals surface area contributed by atoms with Gasteiger partial charge in [0.2, 0.25) is 11.9 Å². The van der Waals surface area contributed by atoms with Crippen molar-refractivity contribution in [3.05, 3.63) is 80.9 Å². The van der Waals surface area contributed by atoms with E-state index in [2.05, 4.69) is 10.2 Å². The topological polar surface area (TPSA) is 67.2 Å². The number of aromatic nitrogens is 2. The van der Waals surface area contributed by atoms with E-state index in [9.17, 15) is 9.59 Å². The predicted octanol–water partition coefficient (Wildman–Crippen LogP) is 5.26. The summed E-state index contributed by atoms with van der Waals surface area (Å²) >= 11 is 7.35. The van der Waals surface area contributed by atoms with Crippen molar-refractivity contribution in [2.24, 2.45) is 5.92 Å². The fraction of sp³-hybridized carbons (Fsp3) is 0.240. The Kier molecular flexibility index (Phi) is 5.91. The lowest BCUT2D eigenvalue weighted by Crippen LogP contribution is -2.43. The number of benzene rings is 2. The Morgan fingerprint density at radius 1 is 1.18 bits per heavy atom. The molecule has 6 nitrogen and oxygen atoms in total. The van der Waals surface area contributed by atoms with E-state index in [-0.39, 0.29) is 17.4 Å². The number of hydrogen-bond acceptors (Lipinski definition) is 5. The van der Waals surface area contributed by atoms with Gasteiger partial charge in [0, 0.05) is 23.8 Å². The van der Waals surface area contributed by atoms with Crippen LogP contribution in [0.1, 0.15) is 18.4 Å². The first-order valence-corrected chi connectivity index (χ1v) is 12.1. The average Bonchev–Trinajstić information content (AvgIpc) is 3.30. The van der Waals surface area contributed by atoms with Gasteiger partial charge >= 0.3 is 0 Å². The Balaban J connectivity index is 1.49. The highest BCUT2D eigenvalue weighted by atomic mass is 35.5. The molecule has 1 N–H and O–H groups in total. The van der Waals surface area contributed by atoms with Crippen LogP contribution in [0.3, 0.4) is 0 Å². The smallest absolute Gasteiger partial charge is 0.277 e. The molecule has 0 radical (unpaired) electrons. The molecule has 0 spiro atoms. The van der Waals surface area contributed by atoms with E-state index >= 15 is 0 Å². The number of carbonyl (C=O) groups excluding carboxylic acids is 1. The van der Waals surface area contributed by atoms with Crippen LogP contribution in [0.5, 0.6) is 0 Å². The van der Waals surface area contributed by atoms with Crippen LogP contribution in [-0.2, 0) is 4.79 Å². The van der Waals surface area contributed by atoms with Gasteiger partial charge in [0.25, 0.3) is 5.56 Å². The number of aryl methyl sites for hydroxylation is 1. The molecule has 1 saturated heterocycles. The Morgan fingerprint density at radius 3 is 2.79 bits per heavy atom. The van der Waals surface area contributed by atoms with Crippen molar-refractivity contribution in [2.75, 3.05) is 23.3 Å². The van der Waals surface area contributed by atoms with Crippen LogP contribution in [-0.4, -0.2) is 28.5 Å². The second-order valence-corrected chi connectivity index (χ2v) is 9.66. The van der Waals surface area contributed by atoms with Crippen LogP contribution in [0, 0.1) is 12.8 Å². The number of nitrogens with zero attached hydrogens (tertiary/aromatic N) is 3. The Hall–Kier alpha value is -3.16. The van der Waals surface area contributed by atoms with Gasteiger partial charge < -0.3 is 10.2 Å². The SMILES string of the molecule is Cc1cccc(-n2c(N3CCC[C@@H](C(=O)Nc4ccc(Cl)cc4)C3)nc3ccsc3c2=O)c1. The van der Waals surface area contributed by atoms with Crippen LogP contribution < -0.4 is 15.8 Å². The molecule has 168 valence electrons. The van der Waals surface area contributed by atoms with Crippen LogP contribution in [0.4, 0.5) is 11.6 Å². The van der Waals surface area contributed by atoms with Crippen molar-refractivity contribution in [3.8, 4) is 5.69 Å². The lowest BCUT2D eigenvalue weighted by molar-refractivity contribution is -0.120. The minimum atomic E-state index is -0.213. The van der Waals surface area contributed by atoms with Crippen molar-refractivity contribution in [1.29, 1.82) is 0 Å². The first kappa shape index (κ1) is 21.7. The molecule has 0 saturated carbocycles. The molecule has 2 aromatic heterocycles. The Bertz CT molecular complexity index is 1380. The summed E-state index contributed by atoms with van der Waals surface area (Å²) in [5.41, 5.74) is 3.18. The van der Waals surface area contributed by atoms with Gasteiger partial charge in [0.05, 0.1) is 17.1 Å². The summed E-state index contributed by atoms with van der Waals surface area (Å²) in [5.74, 6) is 0.332. The number of halogens is 1. The zero-order valence-corrected chi connectivity index (χ0v) is 19.7. The van der Waals surface area contributed by atoms with E-state index < -0.39 is 0 Å². The van der Waals surface area contributed by atoms with Crippen LogP contribution in [0.2, 0.25) is 5.02 Å². The second kappa shape index (κ2) is 9.00. The molecule has 1 aliphatic heterocycles. The summed E-state index contributed by atoms with van der Waals surface area (Å²) in [6, 6.07) is 16.8. The average molecular weight is 479 g/mol. The van der Waals surface area contributed by atoms with Crippen molar-refractivity contribution in [1.82, 2.24) is 9.55 Å². The predicted molar refractivity (Wildman–Crippen MR) is 135 cm³/mol. The molecule has 3 heterocycles. The van der Waals surface area contributed by atoms with Gasteiger partial charge in [-0.05, 0) is 73.2 Å². The summed E-state index contributed by atoms with van der Waals surface area (Å²) in [6.45, 7) is 3.23. The van der Waals surface area contributed by atoms with Crippen molar-refractivity contribution < 1.29 is 4.79 Å². The standard InChI is InChI=1S/C25H23ClN4O2S/c1-16-4-2-6-20(14-16)30-24(32)22-21(11-13-33-22)28-25(30)29-12-3-5-17(15-29)23(31)27-19-9-7-18(26)8-10-19/h2,4,6-11,13-14,17H,3,5,12,15H2,1H3,(H,27,31)/t17-/m1/s1. The number of piperidine rings is 1. The number of thiophene rings is 1. The van der Waals surface area contributed by atoms with Gasteiger partial charge in [0.1, 0.15) is 4.70 Å². The summed E-state index contributed by atoms with van der Waals surface area (Å²) in [5, 5.41) is 5.51. The van der Waals surface area contributed by atoms with Gasteiger partial charge in [-0.3, -0.25) is 9.59 Å². The lowest BCUT2D eigenvalue weighted by Gasteiger charge is -2.34.